The molecule has 0 amide bonds. The molecule has 0 radical (unpaired) electrons. The third-order valence-corrected chi connectivity index (χ3v) is 4.06. The molecule has 0 bridgehead atoms. The summed E-state index contributed by atoms with van der Waals surface area (Å²) in [5.41, 5.74) is 2.29. The minimum atomic E-state index is -0.552. The average Bonchev–Trinajstić information content (AvgIpc) is 2.41. The van der Waals surface area contributed by atoms with Gasteiger partial charge >= 0.3 is 0 Å². The molecule has 2 aromatic carbocycles. The van der Waals surface area contributed by atoms with E-state index in [4.69, 9.17) is 0 Å². The third kappa shape index (κ3) is 3.81. The van der Waals surface area contributed by atoms with Crippen molar-refractivity contribution in [3.05, 3.63) is 59.2 Å². The Morgan fingerprint density at radius 3 is 2.50 bits per heavy atom. The van der Waals surface area contributed by atoms with Crippen LogP contribution in [0.3, 0.4) is 0 Å². The number of rotatable bonds is 5. The minimum Gasteiger partial charge on any atom is -0.313 e. The number of aryl methyl sites for hydroxylation is 1. The molecule has 4 heteroatoms. The predicted molar refractivity (Wildman–Crippen MR) is 79.0 cm³/mol. The highest BCUT2D eigenvalue weighted by Crippen LogP contribution is 2.33. The topological polar surface area (TPSA) is 12.0 Å². The number of halogens is 2. The molecule has 0 aliphatic rings. The molecule has 20 heavy (non-hydrogen) atoms. The summed E-state index contributed by atoms with van der Waals surface area (Å²) in [6.45, 7) is 5.69. The lowest BCUT2D eigenvalue weighted by Crippen LogP contribution is -2.12. The summed E-state index contributed by atoms with van der Waals surface area (Å²) in [7, 11) is 0. The molecule has 106 valence electrons. The highest BCUT2D eigenvalue weighted by molar-refractivity contribution is 7.99. The molecule has 0 saturated carbocycles. The van der Waals surface area contributed by atoms with Crippen LogP contribution in [0.4, 0.5) is 8.78 Å². The van der Waals surface area contributed by atoms with Gasteiger partial charge in [-0.25, -0.2) is 8.78 Å². The molecule has 0 unspecified atom stereocenters. The summed E-state index contributed by atoms with van der Waals surface area (Å²) in [6, 6.07) is 9.75. The van der Waals surface area contributed by atoms with Gasteiger partial charge in [-0.1, -0.05) is 36.4 Å². The molecule has 0 spiro atoms. The Hall–Kier alpha value is -1.39. The molecule has 1 nitrogen and oxygen atoms in total. The summed E-state index contributed by atoms with van der Waals surface area (Å²) < 4.78 is 26.6. The van der Waals surface area contributed by atoms with Crippen LogP contribution in [0, 0.1) is 18.6 Å². The summed E-state index contributed by atoms with van der Waals surface area (Å²) in [5, 5.41) is 3.27. The summed E-state index contributed by atoms with van der Waals surface area (Å²) in [5.74, 6) is -1.08. The first-order valence-corrected chi connectivity index (χ1v) is 7.35. The van der Waals surface area contributed by atoms with E-state index in [9.17, 15) is 8.78 Å². The van der Waals surface area contributed by atoms with Gasteiger partial charge in [0.05, 0.1) is 0 Å². The highest BCUT2D eigenvalue weighted by Gasteiger charge is 2.09. The van der Waals surface area contributed by atoms with Crippen LogP contribution in [0.2, 0.25) is 0 Å². The van der Waals surface area contributed by atoms with Gasteiger partial charge in [-0.15, -0.1) is 0 Å². The number of nitrogens with one attached hydrogen (secondary N) is 1. The zero-order chi connectivity index (χ0) is 14.5. The molecule has 0 fully saturated rings. The van der Waals surface area contributed by atoms with Crippen LogP contribution in [0.1, 0.15) is 18.1 Å². The monoisotopic (exact) mass is 293 g/mol. The molecule has 0 saturated heterocycles. The van der Waals surface area contributed by atoms with Crippen molar-refractivity contribution < 1.29 is 8.78 Å². The normalized spacial score (nSPS) is 10.8. The zero-order valence-electron chi connectivity index (χ0n) is 11.5. The molecule has 2 rings (SSSR count). The van der Waals surface area contributed by atoms with Crippen LogP contribution >= 0.6 is 11.8 Å². The van der Waals surface area contributed by atoms with Crippen molar-refractivity contribution in [1.29, 1.82) is 0 Å². The predicted octanol–water partition coefficient (Wildman–Crippen LogP) is 4.53. The van der Waals surface area contributed by atoms with E-state index in [-0.39, 0.29) is 0 Å². The Labute approximate surface area is 122 Å². The quantitative estimate of drug-likeness (QED) is 0.869. The van der Waals surface area contributed by atoms with E-state index in [2.05, 4.69) is 11.4 Å². The second kappa shape index (κ2) is 6.86. The fourth-order valence-electron chi connectivity index (χ4n) is 1.88. The Kier molecular flexibility index (Phi) is 5.15. The van der Waals surface area contributed by atoms with Crippen molar-refractivity contribution in [1.82, 2.24) is 5.32 Å². The first-order chi connectivity index (χ1) is 9.60. The van der Waals surface area contributed by atoms with Gasteiger partial charge in [-0.3, -0.25) is 0 Å². The maximum absolute atomic E-state index is 13.7. The highest BCUT2D eigenvalue weighted by atomic mass is 32.2. The van der Waals surface area contributed by atoms with Crippen LogP contribution < -0.4 is 5.32 Å². The van der Waals surface area contributed by atoms with Crippen molar-refractivity contribution in [2.75, 3.05) is 6.54 Å². The van der Waals surface area contributed by atoms with E-state index in [0.29, 0.717) is 4.90 Å². The standard InChI is InChI=1S/C16H17F2NS/c1-3-19-10-12-8-11(2)4-6-15(12)20-16-7-5-13(17)9-14(16)18/h4-9,19H,3,10H2,1-2H3. The summed E-state index contributed by atoms with van der Waals surface area (Å²) in [4.78, 5) is 1.43. The van der Waals surface area contributed by atoms with Gasteiger partial charge in [-0.05, 0) is 37.2 Å². The largest absolute Gasteiger partial charge is 0.313 e. The molecule has 0 heterocycles. The molecule has 1 N–H and O–H groups in total. The maximum Gasteiger partial charge on any atom is 0.140 e. The van der Waals surface area contributed by atoms with Gasteiger partial charge in [-0.2, -0.15) is 0 Å². The third-order valence-electron chi connectivity index (χ3n) is 2.90. The van der Waals surface area contributed by atoms with Crippen molar-refractivity contribution in [3.8, 4) is 0 Å². The molecular formula is C16H17F2NS. The molecule has 0 atom stereocenters. The number of hydrogen-bond acceptors (Lipinski definition) is 2. The van der Waals surface area contributed by atoms with Gasteiger partial charge in [0.15, 0.2) is 0 Å². The van der Waals surface area contributed by atoms with Gasteiger partial charge < -0.3 is 5.32 Å². The Bertz CT molecular complexity index is 599. The van der Waals surface area contributed by atoms with E-state index in [1.165, 1.54) is 29.5 Å². The lowest BCUT2D eigenvalue weighted by Gasteiger charge is -2.11. The molecular weight excluding hydrogens is 276 g/mol. The van der Waals surface area contributed by atoms with Crippen molar-refractivity contribution in [3.63, 3.8) is 0 Å². The van der Waals surface area contributed by atoms with Crippen molar-refractivity contribution in [2.24, 2.45) is 0 Å². The molecule has 0 aliphatic carbocycles. The number of hydrogen-bond donors (Lipinski definition) is 1. The van der Waals surface area contributed by atoms with Crippen LogP contribution in [-0.2, 0) is 6.54 Å². The van der Waals surface area contributed by atoms with Crippen molar-refractivity contribution in [2.45, 2.75) is 30.2 Å². The number of benzene rings is 2. The average molecular weight is 293 g/mol. The smallest absolute Gasteiger partial charge is 0.140 e. The Morgan fingerprint density at radius 2 is 1.80 bits per heavy atom. The van der Waals surface area contributed by atoms with Crippen LogP contribution in [0.15, 0.2) is 46.2 Å². The zero-order valence-corrected chi connectivity index (χ0v) is 12.4. The molecule has 0 aromatic heterocycles. The van der Waals surface area contributed by atoms with E-state index >= 15 is 0 Å². The van der Waals surface area contributed by atoms with Gasteiger partial charge in [0.25, 0.3) is 0 Å². The van der Waals surface area contributed by atoms with E-state index in [1.807, 2.05) is 26.0 Å². The van der Waals surface area contributed by atoms with E-state index in [1.54, 1.807) is 0 Å². The maximum atomic E-state index is 13.7. The van der Waals surface area contributed by atoms with Gasteiger partial charge in [0.2, 0.25) is 0 Å². The summed E-state index contributed by atoms with van der Waals surface area (Å²) in [6.07, 6.45) is 0. The first kappa shape index (κ1) is 15.0. The summed E-state index contributed by atoms with van der Waals surface area (Å²) >= 11 is 1.33. The van der Waals surface area contributed by atoms with E-state index in [0.717, 1.165) is 29.6 Å². The van der Waals surface area contributed by atoms with Crippen molar-refractivity contribution >= 4 is 11.8 Å². The van der Waals surface area contributed by atoms with Crippen LogP contribution in [0.5, 0.6) is 0 Å². The minimum absolute atomic E-state index is 0.438. The first-order valence-electron chi connectivity index (χ1n) is 6.53. The second-order valence-corrected chi connectivity index (χ2v) is 5.65. The SMILES string of the molecule is CCNCc1cc(C)ccc1Sc1ccc(F)cc1F. The van der Waals surface area contributed by atoms with Crippen LogP contribution in [0.25, 0.3) is 0 Å². The lowest BCUT2D eigenvalue weighted by molar-refractivity contribution is 0.565. The van der Waals surface area contributed by atoms with Crippen LogP contribution in [-0.4, -0.2) is 6.54 Å². The Balaban J connectivity index is 2.27. The second-order valence-electron chi connectivity index (χ2n) is 4.57. The van der Waals surface area contributed by atoms with Gasteiger partial charge in [0, 0.05) is 22.4 Å². The van der Waals surface area contributed by atoms with E-state index < -0.39 is 11.6 Å². The fourth-order valence-corrected chi connectivity index (χ4v) is 2.81. The molecule has 0 aliphatic heterocycles. The Morgan fingerprint density at radius 1 is 1.05 bits per heavy atom. The lowest BCUT2D eigenvalue weighted by atomic mass is 10.1. The van der Waals surface area contributed by atoms with Gasteiger partial charge in [0.1, 0.15) is 11.6 Å². The molecule has 2 aromatic rings. The fraction of sp³-hybridized carbons (Fsp3) is 0.250.